The first-order valence-corrected chi connectivity index (χ1v) is 8.81. The number of carbonyl (C=O) groups excluding carboxylic acids is 1. The summed E-state index contributed by atoms with van der Waals surface area (Å²) in [5, 5.41) is 11.9. The second kappa shape index (κ2) is 8.40. The molecule has 27 heavy (non-hydrogen) atoms. The van der Waals surface area contributed by atoms with Crippen LogP contribution in [0.4, 0.5) is 10.5 Å². The maximum Gasteiger partial charge on any atom is 0.319 e. The van der Waals surface area contributed by atoms with Crippen LogP contribution in [0.1, 0.15) is 24.5 Å². The Bertz CT molecular complexity index is 875. The van der Waals surface area contributed by atoms with E-state index in [9.17, 15) is 4.79 Å². The lowest BCUT2D eigenvalue weighted by Gasteiger charge is -2.25. The van der Waals surface area contributed by atoms with E-state index in [1.54, 1.807) is 7.11 Å². The first-order chi connectivity index (χ1) is 13.1. The molecule has 0 fully saturated rings. The van der Waals surface area contributed by atoms with Gasteiger partial charge >= 0.3 is 6.03 Å². The molecule has 1 heterocycles. The van der Waals surface area contributed by atoms with E-state index in [2.05, 4.69) is 22.7 Å². The van der Waals surface area contributed by atoms with Gasteiger partial charge in [-0.3, -0.25) is 5.01 Å². The molecule has 0 aromatic heterocycles. The van der Waals surface area contributed by atoms with Crippen molar-refractivity contribution in [2.45, 2.75) is 19.9 Å². The summed E-state index contributed by atoms with van der Waals surface area (Å²) in [5.74, 6) is 0.739. The number of hydrogen-bond acceptors (Lipinski definition) is 4. The summed E-state index contributed by atoms with van der Waals surface area (Å²) in [6, 6.07) is 15.1. The number of ether oxygens (including phenoxy) is 1. The lowest BCUT2D eigenvalue weighted by Crippen LogP contribution is -2.28. The van der Waals surface area contributed by atoms with Gasteiger partial charge in [0.1, 0.15) is 5.75 Å². The molecule has 1 aliphatic rings. The summed E-state index contributed by atoms with van der Waals surface area (Å²) in [5.41, 5.74) is 4.82. The molecule has 6 nitrogen and oxygen atoms in total. The molecular formula is C21H24N4O2. The van der Waals surface area contributed by atoms with Crippen LogP contribution in [0.15, 0.2) is 59.2 Å². The number of nitrogens with one attached hydrogen (secondary N) is 2. The number of urea groups is 1. The molecule has 1 aliphatic heterocycles. The minimum absolute atomic E-state index is 0.254. The summed E-state index contributed by atoms with van der Waals surface area (Å²) in [6.45, 7) is 2.54. The molecule has 2 amide bonds. The highest BCUT2D eigenvalue weighted by Gasteiger charge is 2.18. The van der Waals surface area contributed by atoms with Crippen LogP contribution in [0.2, 0.25) is 0 Å². The Balaban J connectivity index is 1.76. The van der Waals surface area contributed by atoms with Crippen LogP contribution in [0.3, 0.4) is 0 Å². The number of anilines is 1. The van der Waals surface area contributed by atoms with Gasteiger partial charge in [-0.05, 0) is 36.3 Å². The molecule has 0 saturated heterocycles. The van der Waals surface area contributed by atoms with Crippen molar-refractivity contribution in [2.24, 2.45) is 5.10 Å². The van der Waals surface area contributed by atoms with Crippen LogP contribution < -0.4 is 15.4 Å². The predicted octanol–water partition coefficient (Wildman–Crippen LogP) is 4.07. The highest BCUT2D eigenvalue weighted by atomic mass is 16.5. The fourth-order valence-electron chi connectivity index (χ4n) is 3.06. The monoisotopic (exact) mass is 364 g/mol. The van der Waals surface area contributed by atoms with Crippen LogP contribution >= 0.6 is 0 Å². The lowest BCUT2D eigenvalue weighted by molar-refractivity contribution is 0.251. The standard InChI is InChI=1S/C21H24N4O2/c1-15-11-12-23-25(2)20(15)18-13-17(9-10-19(18)27-3)24-21(26)22-14-16-7-5-4-6-8-16/h4-10,12-13H,11,14H2,1-3H3,(H2,22,24,26). The largest absolute Gasteiger partial charge is 0.496 e. The number of carbonyl (C=O) groups is 1. The van der Waals surface area contributed by atoms with Gasteiger partial charge in [0, 0.05) is 37.5 Å². The Kier molecular flexibility index (Phi) is 5.76. The van der Waals surface area contributed by atoms with Gasteiger partial charge in [-0.2, -0.15) is 5.10 Å². The van der Waals surface area contributed by atoms with Gasteiger partial charge in [-0.15, -0.1) is 0 Å². The molecule has 2 aromatic carbocycles. The van der Waals surface area contributed by atoms with E-state index in [1.165, 1.54) is 5.57 Å². The summed E-state index contributed by atoms with van der Waals surface area (Å²) in [6.07, 6.45) is 2.67. The molecule has 6 heteroatoms. The van der Waals surface area contributed by atoms with E-state index in [-0.39, 0.29) is 6.03 Å². The number of hydrogen-bond donors (Lipinski definition) is 2. The number of hydrazone groups is 1. The topological polar surface area (TPSA) is 66.0 Å². The molecule has 0 atom stereocenters. The number of amides is 2. The highest BCUT2D eigenvalue weighted by molar-refractivity contribution is 5.90. The summed E-state index contributed by atoms with van der Waals surface area (Å²) in [4.78, 5) is 12.3. The molecule has 0 aliphatic carbocycles. The van der Waals surface area contributed by atoms with E-state index in [0.29, 0.717) is 12.2 Å². The van der Waals surface area contributed by atoms with E-state index in [4.69, 9.17) is 4.74 Å². The van der Waals surface area contributed by atoms with Gasteiger partial charge < -0.3 is 15.4 Å². The van der Waals surface area contributed by atoms with Gasteiger partial charge in [-0.25, -0.2) is 4.79 Å². The van der Waals surface area contributed by atoms with Gasteiger partial charge in [0.15, 0.2) is 0 Å². The number of benzene rings is 2. The Morgan fingerprint density at radius 1 is 1.22 bits per heavy atom. The maximum atomic E-state index is 12.3. The molecule has 0 radical (unpaired) electrons. The first-order valence-electron chi connectivity index (χ1n) is 8.81. The molecule has 0 bridgehead atoms. The van der Waals surface area contributed by atoms with Crippen LogP contribution in [0.25, 0.3) is 5.70 Å². The van der Waals surface area contributed by atoms with Gasteiger partial charge in [0.05, 0.1) is 12.8 Å². The van der Waals surface area contributed by atoms with Gasteiger partial charge in [-0.1, -0.05) is 30.3 Å². The zero-order chi connectivity index (χ0) is 19.2. The number of rotatable bonds is 5. The number of allylic oxidation sites excluding steroid dienone is 1. The van der Waals surface area contributed by atoms with Crippen molar-refractivity contribution in [1.82, 2.24) is 10.3 Å². The predicted molar refractivity (Wildman–Crippen MR) is 109 cm³/mol. The van der Waals surface area contributed by atoms with Crippen molar-refractivity contribution in [3.63, 3.8) is 0 Å². The molecule has 0 saturated carbocycles. The molecule has 140 valence electrons. The van der Waals surface area contributed by atoms with E-state index >= 15 is 0 Å². The molecule has 3 rings (SSSR count). The Morgan fingerprint density at radius 3 is 2.70 bits per heavy atom. The smallest absolute Gasteiger partial charge is 0.319 e. The quantitative estimate of drug-likeness (QED) is 0.840. The number of methoxy groups -OCH3 is 1. The maximum absolute atomic E-state index is 12.3. The third kappa shape index (κ3) is 4.47. The van der Waals surface area contributed by atoms with Crippen molar-refractivity contribution in [3.8, 4) is 5.75 Å². The minimum Gasteiger partial charge on any atom is -0.496 e. The van der Waals surface area contributed by atoms with Crippen molar-refractivity contribution < 1.29 is 9.53 Å². The first kappa shape index (κ1) is 18.5. The van der Waals surface area contributed by atoms with Crippen molar-refractivity contribution in [2.75, 3.05) is 19.5 Å². The normalized spacial score (nSPS) is 13.5. The summed E-state index contributed by atoms with van der Waals surface area (Å²) < 4.78 is 5.52. The lowest BCUT2D eigenvalue weighted by atomic mass is 10.0. The average Bonchev–Trinajstić information content (AvgIpc) is 2.67. The van der Waals surface area contributed by atoms with Crippen LogP contribution in [-0.4, -0.2) is 31.4 Å². The zero-order valence-electron chi connectivity index (χ0n) is 15.8. The second-order valence-electron chi connectivity index (χ2n) is 6.36. The zero-order valence-corrected chi connectivity index (χ0v) is 15.8. The van der Waals surface area contributed by atoms with Crippen molar-refractivity contribution in [3.05, 3.63) is 65.2 Å². The third-order valence-electron chi connectivity index (χ3n) is 4.39. The minimum atomic E-state index is -0.254. The van der Waals surface area contributed by atoms with E-state index < -0.39 is 0 Å². The van der Waals surface area contributed by atoms with Crippen LogP contribution in [0.5, 0.6) is 5.75 Å². The van der Waals surface area contributed by atoms with Crippen LogP contribution in [-0.2, 0) is 6.54 Å². The molecule has 2 N–H and O–H groups in total. The summed E-state index contributed by atoms with van der Waals surface area (Å²) >= 11 is 0. The Labute approximate surface area is 159 Å². The third-order valence-corrected chi connectivity index (χ3v) is 4.39. The number of nitrogens with zero attached hydrogens (tertiary/aromatic N) is 2. The fraction of sp³-hybridized carbons (Fsp3) is 0.238. The summed E-state index contributed by atoms with van der Waals surface area (Å²) in [7, 11) is 3.54. The molecule has 2 aromatic rings. The molecule has 0 unspecified atom stereocenters. The van der Waals surface area contributed by atoms with Crippen molar-refractivity contribution in [1.29, 1.82) is 0 Å². The fourth-order valence-corrected chi connectivity index (χ4v) is 3.06. The SMILES string of the molecule is COc1ccc(NC(=O)NCc2ccccc2)cc1C1=C(C)CC=NN1C. The Morgan fingerprint density at radius 2 is 2.00 bits per heavy atom. The van der Waals surface area contributed by atoms with Gasteiger partial charge in [0.2, 0.25) is 0 Å². The molecule has 0 spiro atoms. The van der Waals surface area contributed by atoms with Crippen LogP contribution in [0, 0.1) is 0 Å². The highest BCUT2D eigenvalue weighted by Crippen LogP contribution is 2.34. The van der Waals surface area contributed by atoms with E-state index in [0.717, 1.165) is 29.0 Å². The van der Waals surface area contributed by atoms with E-state index in [1.807, 2.05) is 66.8 Å². The molecular weight excluding hydrogens is 340 g/mol. The Hall–Kier alpha value is -3.28. The van der Waals surface area contributed by atoms with Gasteiger partial charge in [0.25, 0.3) is 0 Å². The average molecular weight is 364 g/mol. The van der Waals surface area contributed by atoms with Crippen molar-refractivity contribution >= 4 is 23.6 Å². The second-order valence-corrected chi connectivity index (χ2v) is 6.36.